The van der Waals surface area contributed by atoms with Crippen LogP contribution in [0.25, 0.3) is 0 Å². The van der Waals surface area contributed by atoms with E-state index in [2.05, 4.69) is 25.2 Å². The van der Waals surface area contributed by atoms with E-state index in [0.717, 1.165) is 19.6 Å². The third kappa shape index (κ3) is 15.3. The van der Waals surface area contributed by atoms with Gasteiger partial charge < -0.3 is 9.89 Å². The van der Waals surface area contributed by atoms with Crippen molar-refractivity contribution in [3.8, 4) is 0 Å². The minimum atomic E-state index is 0. The summed E-state index contributed by atoms with van der Waals surface area (Å²) in [4.78, 5) is 6.03. The Morgan fingerprint density at radius 2 is 1.25 bits per heavy atom. The molecule has 0 fully saturated rings. The molecular formula is C17H25N2Y. The summed E-state index contributed by atoms with van der Waals surface area (Å²) >= 11 is 0. The van der Waals surface area contributed by atoms with E-state index in [1.807, 2.05) is 72.5 Å². The van der Waals surface area contributed by atoms with Crippen molar-refractivity contribution in [3.63, 3.8) is 0 Å². The van der Waals surface area contributed by atoms with Crippen LogP contribution in [0.3, 0.4) is 0 Å². The maximum Gasteiger partial charge on any atom is 3.00 e. The predicted molar refractivity (Wildman–Crippen MR) is 85.0 cm³/mol. The number of hydrogen-bond acceptors (Lipinski definition) is 1. The molecular weight excluding hydrogens is 321 g/mol. The van der Waals surface area contributed by atoms with Gasteiger partial charge in [0, 0.05) is 0 Å². The van der Waals surface area contributed by atoms with Gasteiger partial charge in [0.1, 0.15) is 0 Å². The third-order valence-corrected chi connectivity index (χ3v) is 2.24. The van der Waals surface area contributed by atoms with Gasteiger partial charge in [-0.1, -0.05) is 13.8 Å². The maximum atomic E-state index is 3.99. The molecule has 0 amide bonds. The van der Waals surface area contributed by atoms with Crippen LogP contribution in [-0.4, -0.2) is 30.9 Å². The van der Waals surface area contributed by atoms with Gasteiger partial charge in [-0.15, -0.1) is 0 Å². The van der Waals surface area contributed by atoms with Crippen molar-refractivity contribution in [2.75, 3.05) is 19.6 Å². The average Bonchev–Trinajstić information content (AvgIpc) is 3.18. The molecule has 0 heterocycles. The predicted octanol–water partition coefficient (Wildman–Crippen LogP) is 4.06. The second-order valence-electron chi connectivity index (χ2n) is 3.67. The van der Waals surface area contributed by atoms with Crippen LogP contribution in [0.1, 0.15) is 20.8 Å². The van der Waals surface area contributed by atoms with Gasteiger partial charge in [-0.3, -0.25) is 6.34 Å². The largest absolute Gasteiger partial charge is 3.00 e. The van der Waals surface area contributed by atoms with E-state index in [4.69, 9.17) is 0 Å². The molecule has 2 rings (SSSR count). The fourth-order valence-electron chi connectivity index (χ4n) is 1.18. The van der Waals surface area contributed by atoms with Gasteiger partial charge in [-0.25, -0.2) is 24.3 Å². The van der Waals surface area contributed by atoms with Crippen LogP contribution in [-0.2, 0) is 32.7 Å². The number of rotatable bonds is 4. The zero-order chi connectivity index (χ0) is 14.2. The number of nitrogens with zero attached hydrogens (tertiary/aromatic N) is 2. The molecule has 0 aliphatic carbocycles. The summed E-state index contributed by atoms with van der Waals surface area (Å²) in [6, 6.07) is 20.0. The van der Waals surface area contributed by atoms with Crippen LogP contribution in [0.15, 0.2) is 65.7 Å². The van der Waals surface area contributed by atoms with Gasteiger partial charge in [0.2, 0.25) is 0 Å². The molecule has 0 unspecified atom stereocenters. The Balaban J connectivity index is 0. The van der Waals surface area contributed by atoms with Gasteiger partial charge >= 0.3 is 32.7 Å². The molecule has 0 atom stereocenters. The zero-order valence-corrected chi connectivity index (χ0v) is 15.7. The summed E-state index contributed by atoms with van der Waals surface area (Å²) in [6.07, 6.45) is 2.93. The number of aliphatic imine (C=N–C) groups is 1. The van der Waals surface area contributed by atoms with Gasteiger partial charge in [-0.2, -0.15) is 36.4 Å². The fourth-order valence-corrected chi connectivity index (χ4v) is 1.18. The first-order valence-electron chi connectivity index (χ1n) is 6.85. The Kier molecular flexibility index (Phi) is 19.7. The molecule has 0 aromatic heterocycles. The molecule has 20 heavy (non-hydrogen) atoms. The molecule has 0 N–H and O–H groups in total. The average molecular weight is 346 g/mol. The Labute approximate surface area is 149 Å². The molecule has 3 heteroatoms. The molecule has 0 spiro atoms. The molecule has 2 aromatic rings. The second kappa shape index (κ2) is 18.3. The second-order valence-corrected chi connectivity index (χ2v) is 3.67. The fraction of sp³-hybridized carbons (Fsp3) is 0.353. The van der Waals surface area contributed by atoms with Crippen LogP contribution in [0.5, 0.6) is 0 Å². The van der Waals surface area contributed by atoms with Gasteiger partial charge in [0.15, 0.2) is 0 Å². The third-order valence-electron chi connectivity index (χ3n) is 2.24. The van der Waals surface area contributed by atoms with Crippen molar-refractivity contribution in [1.82, 2.24) is 4.90 Å². The molecule has 0 aliphatic heterocycles. The smallest absolute Gasteiger partial charge is 0.538 e. The van der Waals surface area contributed by atoms with Crippen molar-refractivity contribution < 1.29 is 32.7 Å². The van der Waals surface area contributed by atoms with Gasteiger partial charge in [0.25, 0.3) is 0 Å². The van der Waals surface area contributed by atoms with E-state index in [-0.39, 0.29) is 32.7 Å². The molecule has 0 saturated heterocycles. The Morgan fingerprint density at radius 3 is 1.45 bits per heavy atom. The standard InChI is InChI=1S/C7H15N2.2C5H5.Y/c1-4-8-7-9(5-2)6-3;2*1-2-4-5-3-1;/h4-6H2,1-3H3;2*1-5H;/q3*-1;+3. The normalized spacial score (nSPS) is 8.75. The minimum absolute atomic E-state index is 0. The SMILES string of the molecule is CCN=[C-]N(CC)CC.[Y+3].c1cc[cH-]c1.c1cc[cH-]c1. The molecule has 0 radical (unpaired) electrons. The van der Waals surface area contributed by atoms with Crippen LogP contribution in [0, 0.1) is 0 Å². The summed E-state index contributed by atoms with van der Waals surface area (Å²) in [6.45, 7) is 9.04. The van der Waals surface area contributed by atoms with Crippen molar-refractivity contribution in [2.24, 2.45) is 4.99 Å². The van der Waals surface area contributed by atoms with Gasteiger partial charge in [0.05, 0.1) is 0 Å². The van der Waals surface area contributed by atoms with Crippen molar-refractivity contribution in [3.05, 3.63) is 60.7 Å². The van der Waals surface area contributed by atoms with Gasteiger partial charge in [-0.05, 0) is 26.6 Å². The maximum absolute atomic E-state index is 3.99. The molecule has 2 aromatic carbocycles. The Morgan fingerprint density at radius 1 is 0.850 bits per heavy atom. The van der Waals surface area contributed by atoms with Crippen LogP contribution >= 0.6 is 0 Å². The minimum Gasteiger partial charge on any atom is -0.538 e. The molecule has 2 nitrogen and oxygen atoms in total. The summed E-state index contributed by atoms with van der Waals surface area (Å²) < 4.78 is 0. The van der Waals surface area contributed by atoms with Crippen LogP contribution in [0.4, 0.5) is 0 Å². The summed E-state index contributed by atoms with van der Waals surface area (Å²) in [5.74, 6) is 0. The van der Waals surface area contributed by atoms with Crippen LogP contribution in [0.2, 0.25) is 0 Å². The van der Waals surface area contributed by atoms with E-state index < -0.39 is 0 Å². The quantitative estimate of drug-likeness (QED) is 0.353. The topological polar surface area (TPSA) is 15.6 Å². The summed E-state index contributed by atoms with van der Waals surface area (Å²) in [5.41, 5.74) is 0. The summed E-state index contributed by atoms with van der Waals surface area (Å²) in [7, 11) is 0. The molecule has 0 saturated carbocycles. The monoisotopic (exact) mass is 346 g/mol. The van der Waals surface area contributed by atoms with E-state index >= 15 is 0 Å². The van der Waals surface area contributed by atoms with Crippen LogP contribution < -0.4 is 0 Å². The molecule has 0 aliphatic rings. The Bertz CT molecular complexity index is 288. The van der Waals surface area contributed by atoms with E-state index in [1.54, 1.807) is 0 Å². The first-order chi connectivity index (χ1) is 9.35. The van der Waals surface area contributed by atoms with Crippen molar-refractivity contribution in [1.29, 1.82) is 0 Å². The first kappa shape index (κ1) is 21.6. The van der Waals surface area contributed by atoms with E-state index in [1.165, 1.54) is 0 Å². The van der Waals surface area contributed by atoms with E-state index in [0.29, 0.717) is 0 Å². The first-order valence-corrected chi connectivity index (χ1v) is 6.85. The Hall–Kier alpha value is -0.726. The van der Waals surface area contributed by atoms with Crippen molar-refractivity contribution >= 4 is 6.34 Å². The molecule has 106 valence electrons. The summed E-state index contributed by atoms with van der Waals surface area (Å²) in [5, 5.41) is 0. The van der Waals surface area contributed by atoms with E-state index in [9.17, 15) is 0 Å². The van der Waals surface area contributed by atoms with Crippen molar-refractivity contribution in [2.45, 2.75) is 20.8 Å². The zero-order valence-electron chi connectivity index (χ0n) is 12.9. The molecule has 0 bridgehead atoms. The number of hydrogen-bond donors (Lipinski definition) is 0.